The molecule has 0 aromatic carbocycles. The van der Waals surface area contributed by atoms with E-state index < -0.39 is 11.7 Å². The zero-order chi connectivity index (χ0) is 21.2. The van der Waals surface area contributed by atoms with Gasteiger partial charge in [0.25, 0.3) is 0 Å². The first-order valence-electron chi connectivity index (χ1n) is 9.88. The number of pyridine rings is 1. The van der Waals surface area contributed by atoms with Gasteiger partial charge in [-0.1, -0.05) is 18.5 Å². The van der Waals surface area contributed by atoms with E-state index in [9.17, 15) is 9.59 Å². The molecule has 9 heteroatoms. The molecule has 3 N–H and O–H groups in total. The number of nitrogens with one attached hydrogen (secondary N) is 3. The fourth-order valence-corrected chi connectivity index (χ4v) is 3.74. The Bertz CT molecular complexity index is 905. The summed E-state index contributed by atoms with van der Waals surface area (Å²) in [5.74, 6) is -0.0834. The molecule has 29 heavy (non-hydrogen) atoms. The number of amides is 2. The molecule has 1 fully saturated rings. The number of fused-ring (bicyclic) bond motifs is 1. The molecule has 2 aromatic heterocycles. The van der Waals surface area contributed by atoms with Gasteiger partial charge in [0.05, 0.1) is 28.0 Å². The Balaban J connectivity index is 1.85. The van der Waals surface area contributed by atoms with Gasteiger partial charge in [0.15, 0.2) is 0 Å². The van der Waals surface area contributed by atoms with Gasteiger partial charge in [-0.05, 0) is 33.6 Å². The molecular weight excluding hydrogens is 394 g/mol. The van der Waals surface area contributed by atoms with E-state index in [1.807, 2.05) is 20.8 Å². The minimum Gasteiger partial charge on any atom is -0.444 e. The number of aromatic nitrogens is 2. The lowest BCUT2D eigenvalue weighted by Crippen LogP contribution is -2.49. The number of hydrogen-bond donors (Lipinski definition) is 3. The van der Waals surface area contributed by atoms with E-state index in [1.165, 1.54) is 0 Å². The van der Waals surface area contributed by atoms with Crippen LogP contribution in [0.3, 0.4) is 0 Å². The lowest BCUT2D eigenvalue weighted by Gasteiger charge is -2.36. The highest BCUT2D eigenvalue weighted by atomic mass is 35.5. The molecule has 2 aromatic rings. The summed E-state index contributed by atoms with van der Waals surface area (Å²) < 4.78 is 5.38. The number of hydrogen-bond acceptors (Lipinski definition) is 5. The quantitative estimate of drug-likeness (QED) is 0.691. The maximum atomic E-state index is 12.2. The molecular formula is C20H28ClN5O3. The van der Waals surface area contributed by atoms with Gasteiger partial charge in [-0.3, -0.25) is 4.79 Å². The van der Waals surface area contributed by atoms with E-state index in [-0.39, 0.29) is 11.9 Å². The number of nitrogens with zero attached hydrogens (tertiary/aromatic N) is 2. The second kappa shape index (κ2) is 8.49. The number of anilines is 2. The number of rotatable bonds is 4. The third kappa shape index (κ3) is 5.12. The smallest absolute Gasteiger partial charge is 0.407 e. The highest BCUT2D eigenvalue weighted by Crippen LogP contribution is 2.38. The van der Waals surface area contributed by atoms with Gasteiger partial charge in [-0.25, -0.2) is 9.78 Å². The number of alkyl carbamates (subject to hydrolysis) is 1. The number of halogens is 1. The van der Waals surface area contributed by atoms with E-state index >= 15 is 0 Å². The Kier molecular flexibility index (Phi) is 6.21. The number of piperidine rings is 1. The van der Waals surface area contributed by atoms with E-state index in [0.717, 1.165) is 30.5 Å². The SMILES string of the molecule is CCC(=O)Nc1c[nH]c2ncc(Cl)c(N3CCCC(NC(=O)OC(C)(C)C)C3)c12. The predicted octanol–water partition coefficient (Wildman–Crippen LogP) is 4.06. The van der Waals surface area contributed by atoms with Crippen LogP contribution in [0.1, 0.15) is 47.0 Å². The minimum atomic E-state index is -0.545. The summed E-state index contributed by atoms with van der Waals surface area (Å²) in [6.45, 7) is 8.69. The molecule has 158 valence electrons. The van der Waals surface area contributed by atoms with Crippen LogP contribution in [0.4, 0.5) is 16.2 Å². The lowest BCUT2D eigenvalue weighted by molar-refractivity contribution is -0.115. The predicted molar refractivity (Wildman–Crippen MR) is 115 cm³/mol. The van der Waals surface area contributed by atoms with Crippen molar-refractivity contribution in [3.63, 3.8) is 0 Å². The fraction of sp³-hybridized carbons (Fsp3) is 0.550. The molecule has 2 amide bonds. The number of ether oxygens (including phenoxy) is 1. The van der Waals surface area contributed by atoms with Crippen molar-refractivity contribution in [3.8, 4) is 0 Å². The first kappa shape index (κ1) is 21.2. The maximum Gasteiger partial charge on any atom is 0.407 e. The molecule has 8 nitrogen and oxygen atoms in total. The zero-order valence-electron chi connectivity index (χ0n) is 17.3. The Morgan fingerprint density at radius 3 is 2.86 bits per heavy atom. The molecule has 1 aliphatic heterocycles. The Hall–Kier alpha value is -2.48. The number of H-pyrrole nitrogens is 1. The topological polar surface area (TPSA) is 99.4 Å². The van der Waals surface area contributed by atoms with Crippen molar-refractivity contribution in [2.75, 3.05) is 23.3 Å². The highest BCUT2D eigenvalue weighted by molar-refractivity contribution is 6.35. The normalized spacial score (nSPS) is 17.3. The van der Waals surface area contributed by atoms with Crippen molar-refractivity contribution in [2.45, 2.75) is 58.6 Å². The van der Waals surface area contributed by atoms with Crippen molar-refractivity contribution in [1.29, 1.82) is 0 Å². The van der Waals surface area contributed by atoms with Gasteiger partial charge in [0.1, 0.15) is 11.2 Å². The van der Waals surface area contributed by atoms with Crippen molar-refractivity contribution in [1.82, 2.24) is 15.3 Å². The van der Waals surface area contributed by atoms with Gasteiger partial charge in [0.2, 0.25) is 5.91 Å². The third-order valence-corrected chi connectivity index (χ3v) is 4.96. The standard InChI is InChI=1S/C20H28ClN5O3/c1-5-15(27)25-14-10-23-18-16(14)17(13(21)9-22-18)26-8-6-7-12(11-26)24-19(28)29-20(2,3)4/h9-10,12H,5-8,11H2,1-4H3,(H,22,23)(H,24,28)(H,25,27). The second-order valence-corrected chi connectivity index (χ2v) is 8.62. The molecule has 0 spiro atoms. The van der Waals surface area contributed by atoms with Crippen molar-refractivity contribution in [2.24, 2.45) is 0 Å². The van der Waals surface area contributed by atoms with Crippen LogP contribution >= 0.6 is 11.6 Å². The first-order chi connectivity index (χ1) is 13.7. The van der Waals surface area contributed by atoms with E-state index in [1.54, 1.807) is 19.3 Å². The van der Waals surface area contributed by atoms with Gasteiger partial charge >= 0.3 is 6.09 Å². The van der Waals surface area contributed by atoms with E-state index in [2.05, 4.69) is 25.5 Å². The van der Waals surface area contributed by atoms with Crippen LogP contribution < -0.4 is 15.5 Å². The van der Waals surface area contributed by atoms with Gasteiger partial charge in [-0.15, -0.1) is 0 Å². The monoisotopic (exact) mass is 421 g/mol. The average molecular weight is 422 g/mol. The second-order valence-electron chi connectivity index (χ2n) is 8.21. The molecule has 1 atom stereocenters. The van der Waals surface area contributed by atoms with Crippen LogP contribution in [0.5, 0.6) is 0 Å². The molecule has 0 radical (unpaired) electrons. The van der Waals surface area contributed by atoms with Crippen LogP contribution in [0, 0.1) is 0 Å². The van der Waals surface area contributed by atoms with Crippen molar-refractivity contribution < 1.29 is 14.3 Å². The Morgan fingerprint density at radius 1 is 1.41 bits per heavy atom. The van der Waals surface area contributed by atoms with Gasteiger partial charge in [0, 0.05) is 31.7 Å². The van der Waals surface area contributed by atoms with Crippen LogP contribution in [0.25, 0.3) is 11.0 Å². The van der Waals surface area contributed by atoms with Crippen LogP contribution in [-0.4, -0.2) is 46.7 Å². The van der Waals surface area contributed by atoms with Crippen LogP contribution in [0.2, 0.25) is 5.02 Å². The van der Waals surface area contributed by atoms with Crippen LogP contribution in [-0.2, 0) is 9.53 Å². The Labute approximate surface area is 175 Å². The highest BCUT2D eigenvalue weighted by Gasteiger charge is 2.27. The van der Waals surface area contributed by atoms with Crippen molar-refractivity contribution in [3.05, 3.63) is 17.4 Å². The lowest BCUT2D eigenvalue weighted by atomic mass is 10.0. The summed E-state index contributed by atoms with van der Waals surface area (Å²) in [6.07, 6.45) is 5.03. The molecule has 0 saturated carbocycles. The van der Waals surface area contributed by atoms with Gasteiger partial charge in [-0.2, -0.15) is 0 Å². The minimum absolute atomic E-state index is 0.0643. The molecule has 1 unspecified atom stereocenters. The summed E-state index contributed by atoms with van der Waals surface area (Å²) in [4.78, 5) is 33.7. The maximum absolute atomic E-state index is 12.2. The molecule has 3 heterocycles. The first-order valence-corrected chi connectivity index (χ1v) is 10.3. The molecule has 1 saturated heterocycles. The summed E-state index contributed by atoms with van der Waals surface area (Å²) in [6, 6.07) is -0.0643. The Morgan fingerprint density at radius 2 is 2.17 bits per heavy atom. The summed E-state index contributed by atoms with van der Waals surface area (Å²) in [5, 5.41) is 7.14. The molecule has 0 bridgehead atoms. The van der Waals surface area contributed by atoms with Crippen LogP contribution in [0.15, 0.2) is 12.4 Å². The largest absolute Gasteiger partial charge is 0.444 e. The number of aromatic amines is 1. The zero-order valence-corrected chi connectivity index (χ0v) is 18.0. The summed E-state index contributed by atoms with van der Waals surface area (Å²) in [5.41, 5.74) is 1.56. The van der Waals surface area contributed by atoms with Gasteiger partial charge < -0.3 is 25.3 Å². The number of carbonyl (C=O) groups is 2. The summed E-state index contributed by atoms with van der Waals surface area (Å²) in [7, 11) is 0. The fourth-order valence-electron chi connectivity index (χ4n) is 3.47. The van der Waals surface area contributed by atoms with Crippen molar-refractivity contribution >= 4 is 46.0 Å². The summed E-state index contributed by atoms with van der Waals surface area (Å²) >= 11 is 6.53. The molecule has 1 aliphatic rings. The number of carbonyl (C=O) groups excluding carboxylic acids is 2. The average Bonchev–Trinajstić information content (AvgIpc) is 3.02. The third-order valence-electron chi connectivity index (χ3n) is 4.68. The van der Waals surface area contributed by atoms with E-state index in [0.29, 0.717) is 29.3 Å². The van der Waals surface area contributed by atoms with E-state index in [4.69, 9.17) is 16.3 Å². The molecule has 0 aliphatic carbocycles. The molecule has 3 rings (SSSR count).